The molecule has 0 aliphatic rings. The largest absolute Gasteiger partial charge is 0.493 e. The molecule has 0 spiro atoms. The van der Waals surface area contributed by atoms with E-state index in [2.05, 4.69) is 12.2 Å². The molecule has 116 valence electrons. The normalized spacial score (nSPS) is 10.3. The highest BCUT2D eigenvalue weighted by Crippen LogP contribution is 2.20. The van der Waals surface area contributed by atoms with Crippen LogP contribution in [0.2, 0.25) is 0 Å². The van der Waals surface area contributed by atoms with Gasteiger partial charge in [0.1, 0.15) is 5.75 Å². The van der Waals surface area contributed by atoms with Gasteiger partial charge in [0.2, 0.25) is 5.91 Å². The van der Waals surface area contributed by atoms with Gasteiger partial charge in [-0.15, -0.1) is 0 Å². The molecule has 0 radical (unpaired) electrons. The first-order valence-electron chi connectivity index (χ1n) is 7.32. The number of benzene rings is 2. The molecule has 2 rings (SSSR count). The second-order valence-electron chi connectivity index (χ2n) is 5.41. The van der Waals surface area contributed by atoms with Crippen molar-refractivity contribution in [3.05, 3.63) is 53.1 Å². The zero-order valence-electron chi connectivity index (χ0n) is 13.3. The Kier molecular flexibility index (Phi) is 5.04. The number of aryl methyl sites for hydroxylation is 2. The summed E-state index contributed by atoms with van der Waals surface area (Å²) in [7, 11) is 0. The average molecular weight is 298 g/mol. The minimum absolute atomic E-state index is 0.0856. The number of ether oxygens (including phenoxy) is 1. The molecule has 0 aliphatic heterocycles. The Morgan fingerprint density at radius 3 is 2.64 bits per heavy atom. The van der Waals surface area contributed by atoms with Crippen molar-refractivity contribution in [3.8, 4) is 5.75 Å². The van der Waals surface area contributed by atoms with Crippen LogP contribution in [0.25, 0.3) is 0 Å². The van der Waals surface area contributed by atoms with E-state index in [0.29, 0.717) is 18.7 Å². The van der Waals surface area contributed by atoms with E-state index in [1.165, 1.54) is 11.1 Å². The Morgan fingerprint density at radius 2 is 1.91 bits per heavy atom. The van der Waals surface area contributed by atoms with Gasteiger partial charge in [-0.1, -0.05) is 12.1 Å². The zero-order chi connectivity index (χ0) is 16.1. The average Bonchev–Trinajstić information content (AvgIpc) is 2.48. The van der Waals surface area contributed by atoms with Gasteiger partial charge >= 0.3 is 0 Å². The number of carbonyl (C=O) groups is 1. The molecule has 0 fully saturated rings. The number of amides is 1. The first-order chi connectivity index (χ1) is 10.5. The fourth-order valence-electron chi connectivity index (χ4n) is 2.07. The molecule has 0 saturated carbocycles. The zero-order valence-corrected chi connectivity index (χ0v) is 13.3. The molecule has 4 heteroatoms. The van der Waals surface area contributed by atoms with Crippen molar-refractivity contribution in [3.63, 3.8) is 0 Å². The second-order valence-corrected chi connectivity index (χ2v) is 5.41. The molecule has 3 N–H and O–H groups in total. The van der Waals surface area contributed by atoms with Crippen LogP contribution in [0, 0.1) is 20.8 Å². The minimum atomic E-state index is -0.0856. The predicted molar refractivity (Wildman–Crippen MR) is 90.2 cm³/mol. The molecule has 0 atom stereocenters. The lowest BCUT2D eigenvalue weighted by molar-refractivity contribution is -0.116. The summed E-state index contributed by atoms with van der Waals surface area (Å²) in [6, 6.07) is 11.4. The van der Waals surface area contributed by atoms with Crippen molar-refractivity contribution < 1.29 is 9.53 Å². The number of hydrogen-bond donors (Lipinski definition) is 2. The summed E-state index contributed by atoms with van der Waals surface area (Å²) < 4.78 is 5.62. The fourth-order valence-corrected chi connectivity index (χ4v) is 2.07. The highest BCUT2D eigenvalue weighted by Gasteiger charge is 2.07. The number of nitrogens with two attached hydrogens (primary N) is 1. The van der Waals surface area contributed by atoms with Crippen molar-refractivity contribution in [1.82, 2.24) is 0 Å². The summed E-state index contributed by atoms with van der Waals surface area (Å²) in [6.07, 6.45) is 0.293. The monoisotopic (exact) mass is 298 g/mol. The van der Waals surface area contributed by atoms with Gasteiger partial charge in [-0.2, -0.15) is 0 Å². The van der Waals surface area contributed by atoms with Gasteiger partial charge in [-0.05, 0) is 61.7 Å². The Hall–Kier alpha value is -2.49. The van der Waals surface area contributed by atoms with Crippen molar-refractivity contribution in [1.29, 1.82) is 0 Å². The summed E-state index contributed by atoms with van der Waals surface area (Å²) in [5.74, 6) is 0.702. The smallest absolute Gasteiger partial charge is 0.227 e. The van der Waals surface area contributed by atoms with E-state index in [1.54, 1.807) is 0 Å². The topological polar surface area (TPSA) is 64.3 Å². The highest BCUT2D eigenvalue weighted by molar-refractivity contribution is 5.92. The van der Waals surface area contributed by atoms with Crippen molar-refractivity contribution in [2.45, 2.75) is 27.2 Å². The molecular formula is C18H22N2O2. The van der Waals surface area contributed by atoms with E-state index in [0.717, 1.165) is 17.0 Å². The maximum Gasteiger partial charge on any atom is 0.227 e. The first-order valence-corrected chi connectivity index (χ1v) is 7.32. The Labute approximate surface area is 131 Å². The van der Waals surface area contributed by atoms with Crippen LogP contribution in [0.3, 0.4) is 0 Å². The van der Waals surface area contributed by atoms with Gasteiger partial charge in [0.25, 0.3) is 0 Å². The van der Waals surface area contributed by atoms with E-state index in [4.69, 9.17) is 10.5 Å². The number of anilines is 2. The maximum absolute atomic E-state index is 12.0. The number of nitrogens with one attached hydrogen (secondary N) is 1. The highest BCUT2D eigenvalue weighted by atomic mass is 16.5. The minimum Gasteiger partial charge on any atom is -0.493 e. The molecule has 1 amide bonds. The van der Waals surface area contributed by atoms with Crippen LogP contribution in [0.5, 0.6) is 5.75 Å². The molecule has 22 heavy (non-hydrogen) atoms. The molecule has 2 aromatic rings. The lowest BCUT2D eigenvalue weighted by Crippen LogP contribution is -2.16. The third-order valence-corrected chi connectivity index (χ3v) is 3.73. The van der Waals surface area contributed by atoms with E-state index in [9.17, 15) is 4.79 Å². The van der Waals surface area contributed by atoms with Crippen LogP contribution in [0.15, 0.2) is 36.4 Å². The van der Waals surface area contributed by atoms with Crippen LogP contribution in [-0.2, 0) is 4.79 Å². The van der Waals surface area contributed by atoms with Crippen molar-refractivity contribution in [2.24, 2.45) is 0 Å². The number of rotatable bonds is 5. The van der Waals surface area contributed by atoms with Crippen molar-refractivity contribution >= 4 is 17.3 Å². The summed E-state index contributed by atoms with van der Waals surface area (Å²) in [5, 5.41) is 2.86. The van der Waals surface area contributed by atoms with Crippen LogP contribution < -0.4 is 15.8 Å². The number of nitrogen functional groups attached to an aromatic ring is 1. The lowest BCUT2D eigenvalue weighted by Gasteiger charge is -2.11. The third kappa shape index (κ3) is 4.01. The molecule has 0 heterocycles. The van der Waals surface area contributed by atoms with Gasteiger partial charge in [0.05, 0.1) is 13.0 Å². The second kappa shape index (κ2) is 6.98. The molecule has 0 bridgehead atoms. The summed E-state index contributed by atoms with van der Waals surface area (Å²) in [4.78, 5) is 12.0. The quantitative estimate of drug-likeness (QED) is 0.829. The van der Waals surface area contributed by atoms with E-state index >= 15 is 0 Å². The lowest BCUT2D eigenvalue weighted by atomic mass is 10.1. The summed E-state index contributed by atoms with van der Waals surface area (Å²) >= 11 is 0. The van der Waals surface area contributed by atoms with E-state index in [1.807, 2.05) is 50.2 Å². The third-order valence-electron chi connectivity index (χ3n) is 3.73. The molecule has 0 aromatic heterocycles. The van der Waals surface area contributed by atoms with Crippen LogP contribution in [0.1, 0.15) is 23.1 Å². The summed E-state index contributed by atoms with van der Waals surface area (Å²) in [5.41, 5.74) is 10.5. The molecular weight excluding hydrogens is 276 g/mol. The Bertz CT molecular complexity index is 681. The molecule has 4 nitrogen and oxygen atoms in total. The van der Waals surface area contributed by atoms with Crippen LogP contribution >= 0.6 is 0 Å². The van der Waals surface area contributed by atoms with Crippen LogP contribution in [0.4, 0.5) is 11.4 Å². The summed E-state index contributed by atoms with van der Waals surface area (Å²) in [6.45, 7) is 6.32. The Balaban J connectivity index is 1.85. The van der Waals surface area contributed by atoms with Gasteiger partial charge in [0.15, 0.2) is 0 Å². The van der Waals surface area contributed by atoms with Gasteiger partial charge in [-0.25, -0.2) is 0 Å². The first kappa shape index (κ1) is 15.9. The predicted octanol–water partition coefficient (Wildman–Crippen LogP) is 3.60. The SMILES string of the molecule is Cc1ccc(OCCC(=O)Nc2cccc(N)c2C)cc1C. The van der Waals surface area contributed by atoms with E-state index < -0.39 is 0 Å². The van der Waals surface area contributed by atoms with Crippen molar-refractivity contribution in [2.75, 3.05) is 17.7 Å². The molecule has 0 unspecified atom stereocenters. The van der Waals surface area contributed by atoms with Crippen LogP contribution in [-0.4, -0.2) is 12.5 Å². The molecule has 0 aliphatic carbocycles. The molecule has 0 saturated heterocycles. The standard InChI is InChI=1S/C18H22N2O2/c1-12-7-8-15(11-13(12)2)22-10-9-18(21)20-17-6-4-5-16(19)14(17)3/h4-8,11H,9-10,19H2,1-3H3,(H,20,21). The van der Waals surface area contributed by atoms with Gasteiger partial charge in [0, 0.05) is 11.4 Å². The number of hydrogen-bond acceptors (Lipinski definition) is 3. The van der Waals surface area contributed by atoms with Gasteiger partial charge < -0.3 is 15.8 Å². The molecule has 2 aromatic carbocycles. The van der Waals surface area contributed by atoms with Gasteiger partial charge in [-0.3, -0.25) is 4.79 Å². The fraction of sp³-hybridized carbons (Fsp3) is 0.278. The maximum atomic E-state index is 12.0. The number of carbonyl (C=O) groups excluding carboxylic acids is 1. The van der Waals surface area contributed by atoms with E-state index in [-0.39, 0.29) is 5.91 Å². The Morgan fingerprint density at radius 1 is 1.14 bits per heavy atom.